The van der Waals surface area contributed by atoms with Crippen LogP contribution in [0.4, 0.5) is 0 Å². The van der Waals surface area contributed by atoms with Crippen LogP contribution in [0.15, 0.2) is 23.2 Å². The molecule has 0 aliphatic carbocycles. The van der Waals surface area contributed by atoms with E-state index in [1.807, 2.05) is 11.7 Å². The Morgan fingerprint density at radius 2 is 1.96 bits per heavy atom. The fourth-order valence-corrected chi connectivity index (χ4v) is 3.06. The standard InChI is InChI=1S/C21H33N5O2/c1-15-7-8-18(20(13-15)28-12-11-27-6)14-24-21(22-4)23-10-9-19-16(2)25-26(5)17(19)3/h7-8,13H,9-12,14H2,1-6H3,(H2,22,23,24). The van der Waals surface area contributed by atoms with E-state index in [1.165, 1.54) is 16.8 Å². The number of rotatable bonds is 9. The van der Waals surface area contributed by atoms with Crippen molar-refractivity contribution >= 4 is 5.96 Å². The molecule has 0 spiro atoms. The molecule has 1 heterocycles. The van der Waals surface area contributed by atoms with Crippen LogP contribution >= 0.6 is 0 Å². The van der Waals surface area contributed by atoms with Gasteiger partial charge in [0.2, 0.25) is 0 Å². The summed E-state index contributed by atoms with van der Waals surface area (Å²) in [5.74, 6) is 1.64. The number of hydrogen-bond donors (Lipinski definition) is 2. The van der Waals surface area contributed by atoms with E-state index >= 15 is 0 Å². The normalized spacial score (nSPS) is 11.6. The molecule has 1 aromatic carbocycles. The Kier molecular flexibility index (Phi) is 8.32. The van der Waals surface area contributed by atoms with Gasteiger partial charge in [-0.2, -0.15) is 5.10 Å². The third kappa shape index (κ3) is 5.99. The molecule has 0 amide bonds. The first-order valence-corrected chi connectivity index (χ1v) is 9.61. The van der Waals surface area contributed by atoms with Crippen LogP contribution in [0.3, 0.4) is 0 Å². The zero-order chi connectivity index (χ0) is 20.5. The van der Waals surface area contributed by atoms with Gasteiger partial charge in [-0.05, 0) is 44.4 Å². The Morgan fingerprint density at radius 1 is 1.18 bits per heavy atom. The van der Waals surface area contributed by atoms with Gasteiger partial charge >= 0.3 is 0 Å². The maximum Gasteiger partial charge on any atom is 0.191 e. The van der Waals surface area contributed by atoms with E-state index in [1.54, 1.807) is 14.2 Å². The quantitative estimate of drug-likeness (QED) is 0.392. The number of hydrogen-bond acceptors (Lipinski definition) is 4. The molecule has 0 unspecified atom stereocenters. The van der Waals surface area contributed by atoms with Gasteiger partial charge in [-0.25, -0.2) is 0 Å². The van der Waals surface area contributed by atoms with Crippen molar-refractivity contribution in [1.82, 2.24) is 20.4 Å². The number of aryl methyl sites for hydroxylation is 3. The van der Waals surface area contributed by atoms with Crippen molar-refractivity contribution in [3.63, 3.8) is 0 Å². The lowest BCUT2D eigenvalue weighted by Gasteiger charge is -2.15. The summed E-state index contributed by atoms with van der Waals surface area (Å²) < 4.78 is 12.9. The maximum absolute atomic E-state index is 5.86. The van der Waals surface area contributed by atoms with Crippen LogP contribution in [0.25, 0.3) is 0 Å². The minimum absolute atomic E-state index is 0.531. The number of guanidine groups is 1. The summed E-state index contributed by atoms with van der Waals surface area (Å²) in [4.78, 5) is 4.32. The molecule has 0 radical (unpaired) electrons. The van der Waals surface area contributed by atoms with Crippen LogP contribution in [0.2, 0.25) is 0 Å². The van der Waals surface area contributed by atoms with Crippen LogP contribution in [0, 0.1) is 20.8 Å². The molecule has 0 fully saturated rings. The largest absolute Gasteiger partial charge is 0.491 e. The number of aromatic nitrogens is 2. The van der Waals surface area contributed by atoms with Crippen LogP contribution in [0.5, 0.6) is 5.75 Å². The van der Waals surface area contributed by atoms with Gasteiger partial charge in [-0.15, -0.1) is 0 Å². The maximum atomic E-state index is 5.86. The van der Waals surface area contributed by atoms with Gasteiger partial charge in [0.25, 0.3) is 0 Å². The van der Waals surface area contributed by atoms with Crippen molar-refractivity contribution in [1.29, 1.82) is 0 Å². The van der Waals surface area contributed by atoms with Gasteiger partial charge in [-0.1, -0.05) is 12.1 Å². The van der Waals surface area contributed by atoms with Gasteiger partial charge in [0.15, 0.2) is 5.96 Å². The average Bonchev–Trinajstić information content (AvgIpc) is 2.91. The Balaban J connectivity index is 1.90. The predicted molar refractivity (Wildman–Crippen MR) is 113 cm³/mol. The third-order valence-corrected chi connectivity index (χ3v) is 4.76. The van der Waals surface area contributed by atoms with Crippen LogP contribution in [-0.4, -0.2) is 49.7 Å². The molecule has 2 aromatic rings. The van der Waals surface area contributed by atoms with Crippen LogP contribution in [0.1, 0.15) is 28.1 Å². The Labute approximate surface area is 168 Å². The van der Waals surface area contributed by atoms with Crippen LogP contribution in [-0.2, 0) is 24.8 Å². The lowest BCUT2D eigenvalue weighted by Crippen LogP contribution is -2.38. The monoisotopic (exact) mass is 387 g/mol. The highest BCUT2D eigenvalue weighted by Crippen LogP contribution is 2.20. The van der Waals surface area contributed by atoms with E-state index in [9.17, 15) is 0 Å². The fraction of sp³-hybridized carbons (Fsp3) is 0.524. The Morgan fingerprint density at radius 3 is 2.61 bits per heavy atom. The molecule has 0 bridgehead atoms. The van der Waals surface area contributed by atoms with E-state index < -0.39 is 0 Å². The smallest absolute Gasteiger partial charge is 0.191 e. The van der Waals surface area contributed by atoms with Gasteiger partial charge in [0, 0.05) is 45.6 Å². The average molecular weight is 388 g/mol. The fourth-order valence-electron chi connectivity index (χ4n) is 3.06. The minimum Gasteiger partial charge on any atom is -0.491 e. The molecule has 0 atom stereocenters. The van der Waals surface area contributed by atoms with Gasteiger partial charge in [-0.3, -0.25) is 9.67 Å². The third-order valence-electron chi connectivity index (χ3n) is 4.76. The van der Waals surface area contributed by atoms with E-state index in [0.717, 1.165) is 35.9 Å². The topological polar surface area (TPSA) is 72.7 Å². The number of methoxy groups -OCH3 is 1. The van der Waals surface area contributed by atoms with Crippen molar-refractivity contribution in [2.24, 2.45) is 12.0 Å². The summed E-state index contributed by atoms with van der Waals surface area (Å²) in [7, 11) is 5.43. The second kappa shape index (κ2) is 10.7. The second-order valence-corrected chi connectivity index (χ2v) is 6.83. The highest BCUT2D eigenvalue weighted by Gasteiger charge is 2.10. The molecule has 1 aromatic heterocycles. The van der Waals surface area contributed by atoms with E-state index in [2.05, 4.69) is 59.7 Å². The number of aliphatic imine (C=N–C) groups is 1. The number of ether oxygens (including phenoxy) is 2. The molecule has 2 rings (SSSR count). The Hall–Kier alpha value is -2.54. The highest BCUT2D eigenvalue weighted by molar-refractivity contribution is 5.79. The summed E-state index contributed by atoms with van der Waals surface area (Å²) in [5.41, 5.74) is 5.84. The molecule has 0 aliphatic rings. The number of nitrogens with zero attached hydrogens (tertiary/aromatic N) is 3. The molecule has 28 heavy (non-hydrogen) atoms. The molecule has 7 heteroatoms. The summed E-state index contributed by atoms with van der Waals surface area (Å²) in [6.45, 7) is 8.73. The lowest BCUT2D eigenvalue weighted by molar-refractivity contribution is 0.145. The summed E-state index contributed by atoms with van der Waals surface area (Å²) in [5, 5.41) is 11.2. The first-order valence-electron chi connectivity index (χ1n) is 9.61. The van der Waals surface area contributed by atoms with Crippen molar-refractivity contribution < 1.29 is 9.47 Å². The number of benzene rings is 1. The van der Waals surface area contributed by atoms with E-state index in [4.69, 9.17) is 9.47 Å². The Bertz CT molecular complexity index is 798. The van der Waals surface area contributed by atoms with Gasteiger partial charge in [0.05, 0.1) is 12.3 Å². The molecule has 2 N–H and O–H groups in total. The van der Waals surface area contributed by atoms with Gasteiger partial charge < -0.3 is 20.1 Å². The molecular formula is C21H33N5O2. The van der Waals surface area contributed by atoms with Crippen LogP contribution < -0.4 is 15.4 Å². The molecule has 154 valence electrons. The highest BCUT2D eigenvalue weighted by atomic mass is 16.5. The first kappa shape index (κ1) is 21.8. The molecular weight excluding hydrogens is 354 g/mol. The summed E-state index contributed by atoms with van der Waals surface area (Å²) in [6.07, 6.45) is 0.905. The summed E-state index contributed by atoms with van der Waals surface area (Å²) in [6, 6.07) is 6.22. The van der Waals surface area contributed by atoms with Crippen molar-refractivity contribution in [3.05, 3.63) is 46.3 Å². The van der Waals surface area contributed by atoms with Gasteiger partial charge in [0.1, 0.15) is 12.4 Å². The zero-order valence-electron chi connectivity index (χ0n) is 17.9. The van der Waals surface area contributed by atoms with E-state index in [0.29, 0.717) is 19.8 Å². The molecule has 0 aliphatic heterocycles. The van der Waals surface area contributed by atoms with Crippen molar-refractivity contribution in [2.45, 2.75) is 33.7 Å². The molecule has 0 saturated heterocycles. The summed E-state index contributed by atoms with van der Waals surface area (Å²) >= 11 is 0. The van der Waals surface area contributed by atoms with Crippen molar-refractivity contribution in [3.8, 4) is 5.75 Å². The zero-order valence-corrected chi connectivity index (χ0v) is 17.9. The molecule has 7 nitrogen and oxygen atoms in total. The second-order valence-electron chi connectivity index (χ2n) is 6.83. The molecule has 0 saturated carbocycles. The first-order chi connectivity index (χ1) is 13.5. The lowest BCUT2D eigenvalue weighted by atomic mass is 10.1. The predicted octanol–water partition coefficient (Wildman–Crippen LogP) is 2.28. The minimum atomic E-state index is 0.531. The van der Waals surface area contributed by atoms with E-state index in [-0.39, 0.29) is 0 Å². The van der Waals surface area contributed by atoms with Crippen molar-refractivity contribution in [2.75, 3.05) is 33.9 Å². The number of nitrogens with one attached hydrogen (secondary N) is 2. The SMILES string of the molecule is CN=C(NCCc1c(C)nn(C)c1C)NCc1ccc(C)cc1OCCOC.